The molecule has 21 heavy (non-hydrogen) atoms. The second-order valence-corrected chi connectivity index (χ2v) is 6.64. The first-order valence-electron chi connectivity index (χ1n) is 7.18. The Morgan fingerprint density at radius 3 is 2.71 bits per heavy atom. The lowest BCUT2D eigenvalue weighted by molar-refractivity contribution is 0.0701. The number of thiazole rings is 1. The normalized spacial score (nSPS) is 21.2. The highest BCUT2D eigenvalue weighted by Crippen LogP contribution is 2.30. The fourth-order valence-electron chi connectivity index (χ4n) is 2.69. The SMILES string of the molecule is Cc1nc(CNC(=O)NCC2CCCC2C)sc1C(=O)O. The van der Waals surface area contributed by atoms with Crippen molar-refractivity contribution in [3.05, 3.63) is 15.6 Å². The average Bonchev–Trinajstić information content (AvgIpc) is 3.00. The Hall–Kier alpha value is -1.63. The van der Waals surface area contributed by atoms with Crippen LogP contribution < -0.4 is 10.6 Å². The van der Waals surface area contributed by atoms with Gasteiger partial charge in [0.25, 0.3) is 0 Å². The highest BCUT2D eigenvalue weighted by atomic mass is 32.1. The van der Waals surface area contributed by atoms with E-state index in [1.807, 2.05) is 0 Å². The number of carboxylic acids is 1. The Kier molecular flexibility index (Phi) is 5.17. The van der Waals surface area contributed by atoms with Crippen LogP contribution in [0.15, 0.2) is 0 Å². The quantitative estimate of drug-likeness (QED) is 0.778. The first-order valence-corrected chi connectivity index (χ1v) is 8.00. The van der Waals surface area contributed by atoms with Gasteiger partial charge in [-0.25, -0.2) is 14.6 Å². The second kappa shape index (κ2) is 6.89. The van der Waals surface area contributed by atoms with Crippen LogP contribution in [0.2, 0.25) is 0 Å². The molecule has 1 aromatic rings. The summed E-state index contributed by atoms with van der Waals surface area (Å²) in [4.78, 5) is 27.0. The van der Waals surface area contributed by atoms with E-state index in [-0.39, 0.29) is 17.5 Å². The Balaban J connectivity index is 1.76. The van der Waals surface area contributed by atoms with E-state index in [1.165, 1.54) is 19.3 Å². The lowest BCUT2D eigenvalue weighted by Gasteiger charge is -2.15. The molecule has 0 aliphatic heterocycles. The zero-order chi connectivity index (χ0) is 15.4. The van der Waals surface area contributed by atoms with E-state index in [4.69, 9.17) is 5.11 Å². The minimum absolute atomic E-state index is 0.223. The number of carboxylic acid groups (broad SMARTS) is 1. The largest absolute Gasteiger partial charge is 0.477 e. The van der Waals surface area contributed by atoms with Crippen molar-refractivity contribution in [2.45, 2.75) is 39.7 Å². The summed E-state index contributed by atoms with van der Waals surface area (Å²) >= 11 is 1.10. The number of aryl methyl sites for hydroxylation is 1. The Labute approximate surface area is 128 Å². The standard InChI is InChI=1S/C14H21N3O3S/c1-8-4-3-5-10(8)6-15-14(20)16-7-11-17-9(2)12(21-11)13(18)19/h8,10H,3-7H2,1-2H3,(H,18,19)(H2,15,16,20). The van der Waals surface area contributed by atoms with E-state index in [0.717, 1.165) is 11.3 Å². The number of rotatable bonds is 5. The Morgan fingerprint density at radius 1 is 1.38 bits per heavy atom. The van der Waals surface area contributed by atoms with E-state index in [1.54, 1.807) is 6.92 Å². The third-order valence-electron chi connectivity index (χ3n) is 4.00. The number of carbonyl (C=O) groups is 2. The van der Waals surface area contributed by atoms with Crippen LogP contribution in [-0.4, -0.2) is 28.6 Å². The molecule has 2 rings (SSSR count). The Morgan fingerprint density at radius 2 is 2.14 bits per heavy atom. The van der Waals surface area contributed by atoms with E-state index < -0.39 is 5.97 Å². The molecule has 1 saturated carbocycles. The van der Waals surface area contributed by atoms with Gasteiger partial charge in [-0.15, -0.1) is 11.3 Å². The highest BCUT2D eigenvalue weighted by Gasteiger charge is 2.23. The molecule has 0 spiro atoms. The minimum Gasteiger partial charge on any atom is -0.477 e. The summed E-state index contributed by atoms with van der Waals surface area (Å²) in [5.41, 5.74) is 0.490. The number of hydrogen-bond donors (Lipinski definition) is 3. The summed E-state index contributed by atoms with van der Waals surface area (Å²) in [7, 11) is 0. The van der Waals surface area contributed by atoms with Crippen molar-refractivity contribution in [1.82, 2.24) is 15.6 Å². The van der Waals surface area contributed by atoms with Crippen LogP contribution in [0.25, 0.3) is 0 Å². The number of carbonyl (C=O) groups excluding carboxylic acids is 1. The lowest BCUT2D eigenvalue weighted by Crippen LogP contribution is -2.38. The molecule has 1 heterocycles. The summed E-state index contributed by atoms with van der Waals surface area (Å²) < 4.78 is 0. The maximum absolute atomic E-state index is 11.7. The number of aromatic carboxylic acids is 1. The number of amides is 2. The summed E-state index contributed by atoms with van der Waals surface area (Å²) in [5.74, 6) is 0.262. The summed E-state index contributed by atoms with van der Waals surface area (Å²) in [5, 5.41) is 15.2. The second-order valence-electron chi connectivity index (χ2n) is 5.56. The monoisotopic (exact) mass is 311 g/mol. The van der Waals surface area contributed by atoms with Crippen molar-refractivity contribution in [3.63, 3.8) is 0 Å². The predicted octanol–water partition coefficient (Wildman–Crippen LogP) is 2.39. The van der Waals surface area contributed by atoms with Crippen LogP contribution in [0, 0.1) is 18.8 Å². The van der Waals surface area contributed by atoms with Gasteiger partial charge in [0.05, 0.1) is 12.2 Å². The van der Waals surface area contributed by atoms with Gasteiger partial charge >= 0.3 is 12.0 Å². The first kappa shape index (κ1) is 15.8. The van der Waals surface area contributed by atoms with Crippen molar-refractivity contribution >= 4 is 23.3 Å². The van der Waals surface area contributed by atoms with Crippen LogP contribution in [0.5, 0.6) is 0 Å². The number of nitrogens with one attached hydrogen (secondary N) is 2. The van der Waals surface area contributed by atoms with Gasteiger partial charge in [-0.2, -0.15) is 0 Å². The van der Waals surface area contributed by atoms with Crippen molar-refractivity contribution in [2.24, 2.45) is 11.8 Å². The Bertz CT molecular complexity index is 530. The van der Waals surface area contributed by atoms with Gasteiger partial charge in [0.1, 0.15) is 9.88 Å². The van der Waals surface area contributed by atoms with E-state index in [2.05, 4.69) is 22.5 Å². The van der Waals surface area contributed by atoms with Gasteiger partial charge in [0.15, 0.2) is 0 Å². The predicted molar refractivity (Wildman–Crippen MR) is 80.6 cm³/mol. The number of hydrogen-bond acceptors (Lipinski definition) is 4. The molecular weight excluding hydrogens is 290 g/mol. The molecule has 116 valence electrons. The van der Waals surface area contributed by atoms with Gasteiger partial charge in [-0.05, 0) is 25.2 Å². The molecule has 2 atom stereocenters. The minimum atomic E-state index is -0.976. The molecular formula is C14H21N3O3S. The molecule has 0 aromatic carbocycles. The molecule has 7 heteroatoms. The van der Waals surface area contributed by atoms with E-state index in [9.17, 15) is 9.59 Å². The molecule has 2 amide bonds. The third-order valence-corrected chi connectivity index (χ3v) is 5.14. The summed E-state index contributed by atoms with van der Waals surface area (Å²) in [6.07, 6.45) is 3.66. The van der Waals surface area contributed by atoms with Crippen molar-refractivity contribution in [3.8, 4) is 0 Å². The van der Waals surface area contributed by atoms with E-state index >= 15 is 0 Å². The average molecular weight is 311 g/mol. The van der Waals surface area contributed by atoms with Crippen molar-refractivity contribution < 1.29 is 14.7 Å². The molecule has 0 radical (unpaired) electrons. The molecule has 1 aliphatic carbocycles. The summed E-state index contributed by atoms with van der Waals surface area (Å²) in [6, 6.07) is -0.223. The molecule has 1 aromatic heterocycles. The highest BCUT2D eigenvalue weighted by molar-refractivity contribution is 7.13. The van der Waals surface area contributed by atoms with E-state index in [0.29, 0.717) is 29.1 Å². The molecule has 2 unspecified atom stereocenters. The summed E-state index contributed by atoms with van der Waals surface area (Å²) in [6.45, 7) is 4.84. The zero-order valence-corrected chi connectivity index (χ0v) is 13.1. The fraction of sp³-hybridized carbons (Fsp3) is 0.643. The molecule has 1 aliphatic rings. The van der Waals surface area contributed by atoms with Crippen molar-refractivity contribution in [2.75, 3.05) is 6.54 Å². The molecule has 0 bridgehead atoms. The number of urea groups is 1. The molecule has 0 saturated heterocycles. The van der Waals surface area contributed by atoms with Gasteiger partial charge in [-0.1, -0.05) is 19.8 Å². The van der Waals surface area contributed by atoms with Gasteiger partial charge in [0.2, 0.25) is 0 Å². The maximum atomic E-state index is 11.7. The topological polar surface area (TPSA) is 91.3 Å². The van der Waals surface area contributed by atoms with Gasteiger partial charge < -0.3 is 15.7 Å². The molecule has 1 fully saturated rings. The third kappa shape index (κ3) is 4.17. The van der Waals surface area contributed by atoms with Crippen molar-refractivity contribution in [1.29, 1.82) is 0 Å². The lowest BCUT2D eigenvalue weighted by atomic mass is 9.98. The molecule has 3 N–H and O–H groups in total. The van der Waals surface area contributed by atoms with Crippen LogP contribution in [0.1, 0.15) is 46.6 Å². The number of nitrogens with zero attached hydrogens (tertiary/aromatic N) is 1. The maximum Gasteiger partial charge on any atom is 0.347 e. The zero-order valence-electron chi connectivity index (χ0n) is 12.3. The number of aromatic nitrogens is 1. The van der Waals surface area contributed by atoms with Crippen LogP contribution in [-0.2, 0) is 6.54 Å². The van der Waals surface area contributed by atoms with Crippen LogP contribution >= 0.6 is 11.3 Å². The smallest absolute Gasteiger partial charge is 0.347 e. The van der Waals surface area contributed by atoms with Crippen LogP contribution in [0.3, 0.4) is 0 Å². The van der Waals surface area contributed by atoms with Crippen LogP contribution in [0.4, 0.5) is 4.79 Å². The first-order chi connectivity index (χ1) is 9.97. The van der Waals surface area contributed by atoms with Gasteiger partial charge in [-0.3, -0.25) is 0 Å². The molecule has 6 nitrogen and oxygen atoms in total. The van der Waals surface area contributed by atoms with Gasteiger partial charge in [0, 0.05) is 6.54 Å². The fourth-order valence-corrected chi connectivity index (χ4v) is 3.54.